The molecule has 1 N–H and O–H groups in total. The lowest BCUT2D eigenvalue weighted by Gasteiger charge is -2.34. The van der Waals surface area contributed by atoms with Crippen molar-refractivity contribution in [1.82, 2.24) is 10.5 Å². The molecule has 2 aromatic carbocycles. The van der Waals surface area contributed by atoms with Crippen molar-refractivity contribution >= 4 is 17.6 Å². The van der Waals surface area contributed by atoms with Crippen LogP contribution >= 0.6 is 0 Å². The van der Waals surface area contributed by atoms with Gasteiger partial charge >= 0.3 is 5.97 Å². The van der Waals surface area contributed by atoms with Gasteiger partial charge in [-0.3, -0.25) is 14.9 Å². The molecule has 152 valence electrons. The van der Waals surface area contributed by atoms with E-state index in [0.717, 1.165) is 5.56 Å². The van der Waals surface area contributed by atoms with Gasteiger partial charge in [0, 0.05) is 42.6 Å². The van der Waals surface area contributed by atoms with Crippen LogP contribution in [0.2, 0.25) is 0 Å². The molecule has 0 spiro atoms. The summed E-state index contributed by atoms with van der Waals surface area (Å²) in [4.78, 5) is 34.6. The van der Waals surface area contributed by atoms with Crippen LogP contribution in [0.1, 0.15) is 33.8 Å². The predicted octanol–water partition coefficient (Wildman–Crippen LogP) is 3.37. The van der Waals surface area contributed by atoms with Crippen LogP contribution in [0.3, 0.4) is 0 Å². The number of aromatic nitrogens is 1. The van der Waals surface area contributed by atoms with Crippen molar-refractivity contribution in [1.29, 1.82) is 0 Å². The van der Waals surface area contributed by atoms with Crippen LogP contribution in [0.15, 0.2) is 65.2 Å². The first-order valence-corrected chi connectivity index (χ1v) is 9.28. The standard InChI is InChI=1S/C21H17N3O6/c25-20(19-12-18(23-30-19)13-4-2-1-3-5-13)22-15-10-17(11-15)29-21(26)14-6-8-16(9-7-14)24(27)28/h1-9,12,15,17H,10-11H2,(H,22,25)/t15-,17-. The Bertz CT molecular complexity index is 1070. The summed E-state index contributed by atoms with van der Waals surface area (Å²) in [6, 6.07) is 16.0. The number of nitro benzene ring substituents is 1. The van der Waals surface area contributed by atoms with Crippen molar-refractivity contribution in [2.75, 3.05) is 0 Å². The molecular formula is C21H17N3O6. The van der Waals surface area contributed by atoms with E-state index in [1.165, 1.54) is 24.3 Å². The third kappa shape index (κ3) is 4.19. The maximum atomic E-state index is 12.3. The number of benzene rings is 2. The number of amides is 1. The van der Waals surface area contributed by atoms with Crippen molar-refractivity contribution in [3.05, 3.63) is 82.1 Å². The van der Waals surface area contributed by atoms with Crippen LogP contribution in [0.4, 0.5) is 5.69 Å². The first-order valence-electron chi connectivity index (χ1n) is 9.28. The van der Waals surface area contributed by atoms with E-state index >= 15 is 0 Å². The SMILES string of the molecule is O=C(O[C@H]1C[C@H](NC(=O)c2cc(-c3ccccc3)no2)C1)c1ccc([N+](=O)[O-])cc1. The highest BCUT2D eigenvalue weighted by Gasteiger charge is 2.34. The number of nitro groups is 1. The third-order valence-electron chi connectivity index (χ3n) is 4.82. The number of nitrogens with one attached hydrogen (secondary N) is 1. The van der Waals surface area contributed by atoms with Gasteiger partial charge in [0.25, 0.3) is 11.6 Å². The molecule has 0 atom stereocenters. The van der Waals surface area contributed by atoms with Crippen molar-refractivity contribution in [2.45, 2.75) is 25.0 Å². The number of esters is 1. The average Bonchev–Trinajstić information content (AvgIpc) is 3.23. The monoisotopic (exact) mass is 407 g/mol. The summed E-state index contributed by atoms with van der Waals surface area (Å²) in [5.74, 6) is -0.822. The second-order valence-corrected chi connectivity index (χ2v) is 6.92. The van der Waals surface area contributed by atoms with Gasteiger partial charge in [0.05, 0.1) is 10.5 Å². The number of nitrogens with zero attached hydrogens (tertiary/aromatic N) is 2. The van der Waals surface area contributed by atoms with E-state index in [1.807, 2.05) is 30.3 Å². The van der Waals surface area contributed by atoms with Gasteiger partial charge in [0.2, 0.25) is 5.76 Å². The molecule has 0 bridgehead atoms. The molecule has 0 saturated heterocycles. The van der Waals surface area contributed by atoms with E-state index in [1.54, 1.807) is 6.07 Å². The predicted molar refractivity (Wildman–Crippen MR) is 105 cm³/mol. The molecule has 0 radical (unpaired) electrons. The number of hydrogen-bond acceptors (Lipinski definition) is 7. The highest BCUT2D eigenvalue weighted by atomic mass is 16.6. The fourth-order valence-electron chi connectivity index (χ4n) is 3.10. The Morgan fingerprint density at radius 3 is 2.47 bits per heavy atom. The second kappa shape index (κ2) is 8.16. The molecule has 4 rings (SSSR count). The van der Waals surface area contributed by atoms with Gasteiger partial charge in [-0.15, -0.1) is 0 Å². The van der Waals surface area contributed by atoms with Crippen molar-refractivity contribution < 1.29 is 23.8 Å². The van der Waals surface area contributed by atoms with Crippen molar-refractivity contribution in [3.8, 4) is 11.3 Å². The normalized spacial score (nSPS) is 17.6. The fraction of sp³-hybridized carbons (Fsp3) is 0.190. The Morgan fingerprint density at radius 2 is 1.80 bits per heavy atom. The van der Waals surface area contributed by atoms with Gasteiger partial charge in [0.1, 0.15) is 11.8 Å². The molecule has 30 heavy (non-hydrogen) atoms. The molecule has 1 saturated carbocycles. The van der Waals surface area contributed by atoms with E-state index in [9.17, 15) is 19.7 Å². The maximum absolute atomic E-state index is 12.3. The minimum atomic E-state index is -0.553. The van der Waals surface area contributed by atoms with Crippen LogP contribution in [0.25, 0.3) is 11.3 Å². The van der Waals surface area contributed by atoms with E-state index in [2.05, 4.69) is 10.5 Å². The zero-order valence-electron chi connectivity index (χ0n) is 15.7. The first-order chi connectivity index (χ1) is 14.5. The summed E-state index contributed by atoms with van der Waals surface area (Å²) in [5.41, 5.74) is 1.57. The number of hydrogen-bond donors (Lipinski definition) is 1. The quantitative estimate of drug-likeness (QED) is 0.377. The van der Waals surface area contributed by atoms with Gasteiger partial charge in [-0.05, 0) is 12.1 Å². The summed E-state index contributed by atoms with van der Waals surface area (Å²) in [5, 5.41) is 17.4. The smallest absolute Gasteiger partial charge is 0.338 e. The van der Waals surface area contributed by atoms with Crippen LogP contribution < -0.4 is 5.32 Å². The lowest BCUT2D eigenvalue weighted by molar-refractivity contribution is -0.384. The Balaban J connectivity index is 1.26. The fourth-order valence-corrected chi connectivity index (χ4v) is 3.10. The number of carbonyl (C=O) groups is 2. The Morgan fingerprint density at radius 1 is 1.10 bits per heavy atom. The molecule has 1 aliphatic rings. The molecule has 1 amide bonds. The molecule has 1 aromatic heterocycles. The van der Waals surface area contributed by atoms with E-state index in [-0.39, 0.29) is 35.1 Å². The first kappa shape index (κ1) is 19.3. The zero-order valence-corrected chi connectivity index (χ0v) is 15.7. The summed E-state index contributed by atoms with van der Waals surface area (Å²) in [6.45, 7) is 0. The topological polar surface area (TPSA) is 125 Å². The highest BCUT2D eigenvalue weighted by molar-refractivity contribution is 5.92. The lowest BCUT2D eigenvalue weighted by atomic mass is 9.89. The van der Waals surface area contributed by atoms with Crippen LogP contribution in [0, 0.1) is 10.1 Å². The molecule has 1 aliphatic carbocycles. The second-order valence-electron chi connectivity index (χ2n) is 6.92. The average molecular weight is 407 g/mol. The van der Waals surface area contributed by atoms with Gasteiger partial charge in [-0.2, -0.15) is 0 Å². The van der Waals surface area contributed by atoms with Crippen LogP contribution in [0.5, 0.6) is 0 Å². The minimum absolute atomic E-state index is 0.0965. The molecular weight excluding hydrogens is 390 g/mol. The van der Waals surface area contributed by atoms with Crippen molar-refractivity contribution in [2.24, 2.45) is 0 Å². The van der Waals surface area contributed by atoms with Gasteiger partial charge in [-0.1, -0.05) is 35.5 Å². The van der Waals surface area contributed by atoms with Gasteiger partial charge in [-0.25, -0.2) is 4.79 Å². The van der Waals surface area contributed by atoms with Crippen LogP contribution in [-0.2, 0) is 4.74 Å². The summed E-state index contributed by atoms with van der Waals surface area (Å²) in [7, 11) is 0. The third-order valence-corrected chi connectivity index (χ3v) is 4.82. The number of ether oxygens (including phenoxy) is 1. The Hall–Kier alpha value is -4.01. The number of non-ortho nitro benzene ring substituents is 1. The number of rotatable bonds is 6. The van der Waals surface area contributed by atoms with E-state index in [0.29, 0.717) is 18.5 Å². The van der Waals surface area contributed by atoms with E-state index in [4.69, 9.17) is 9.26 Å². The molecule has 9 heteroatoms. The maximum Gasteiger partial charge on any atom is 0.338 e. The molecule has 1 heterocycles. The zero-order chi connectivity index (χ0) is 21.1. The summed E-state index contributed by atoms with van der Waals surface area (Å²) < 4.78 is 10.5. The molecule has 0 aliphatic heterocycles. The Kier molecular flexibility index (Phi) is 5.25. The van der Waals surface area contributed by atoms with Crippen molar-refractivity contribution in [3.63, 3.8) is 0 Å². The van der Waals surface area contributed by atoms with Gasteiger partial charge in [0.15, 0.2) is 0 Å². The summed E-state index contributed by atoms with van der Waals surface area (Å²) in [6.07, 6.45) is 0.626. The number of carbonyl (C=O) groups excluding carboxylic acids is 2. The van der Waals surface area contributed by atoms with Gasteiger partial charge < -0.3 is 14.6 Å². The molecule has 3 aromatic rings. The molecule has 1 fully saturated rings. The summed E-state index contributed by atoms with van der Waals surface area (Å²) >= 11 is 0. The Labute approximate surface area is 170 Å². The minimum Gasteiger partial charge on any atom is -0.459 e. The molecule has 9 nitrogen and oxygen atoms in total. The van der Waals surface area contributed by atoms with E-state index < -0.39 is 10.9 Å². The molecule has 0 unspecified atom stereocenters. The lowest BCUT2D eigenvalue weighted by Crippen LogP contribution is -2.48. The highest BCUT2D eigenvalue weighted by Crippen LogP contribution is 2.26. The largest absolute Gasteiger partial charge is 0.459 e. The van der Waals surface area contributed by atoms with Crippen LogP contribution in [-0.4, -0.2) is 34.1 Å².